The molecule has 0 spiro atoms. The van der Waals surface area contributed by atoms with Crippen molar-refractivity contribution in [3.63, 3.8) is 0 Å². The average Bonchev–Trinajstić information content (AvgIpc) is 3.21. The number of nitrogens with zero attached hydrogens (tertiary/aromatic N) is 2. The van der Waals surface area contributed by atoms with Crippen LogP contribution in [0.4, 0.5) is 36.4 Å². The van der Waals surface area contributed by atoms with Crippen molar-refractivity contribution in [3.05, 3.63) is 107 Å². The molecule has 1 aliphatic heterocycles. The van der Waals surface area contributed by atoms with Crippen LogP contribution < -0.4 is 5.01 Å². The van der Waals surface area contributed by atoms with Crippen molar-refractivity contribution in [2.45, 2.75) is 24.8 Å². The van der Waals surface area contributed by atoms with Crippen LogP contribution in [0.5, 0.6) is 0 Å². The highest BCUT2D eigenvalue weighted by Gasteiger charge is 2.38. The zero-order chi connectivity index (χ0) is 24.5. The number of hydrogen-bond acceptors (Lipinski definition) is 2. The van der Waals surface area contributed by atoms with Crippen molar-refractivity contribution >= 4 is 17.5 Å². The molecule has 0 saturated carbocycles. The van der Waals surface area contributed by atoms with Gasteiger partial charge in [0.2, 0.25) is 0 Å². The Morgan fingerprint density at radius 2 is 1.32 bits per heavy atom. The van der Waals surface area contributed by atoms with E-state index in [0.29, 0.717) is 5.69 Å². The van der Waals surface area contributed by atoms with E-state index in [1.54, 1.807) is 0 Å². The molecule has 1 heterocycles. The van der Waals surface area contributed by atoms with Gasteiger partial charge in [0.05, 0.1) is 28.6 Å². The Bertz CT molecular complexity index is 1230. The maximum absolute atomic E-state index is 13.7. The first-order valence-electron chi connectivity index (χ1n) is 10.2. The Morgan fingerprint density at radius 3 is 1.97 bits per heavy atom. The Balaban J connectivity index is 1.74. The van der Waals surface area contributed by atoms with Gasteiger partial charge in [-0.25, -0.2) is 4.39 Å². The van der Waals surface area contributed by atoms with Gasteiger partial charge in [0.1, 0.15) is 5.82 Å². The predicted octanol–water partition coefficient (Wildman–Crippen LogP) is 7.88. The minimum absolute atomic E-state index is 0.00908. The molecule has 0 amide bonds. The second kappa shape index (κ2) is 8.96. The fourth-order valence-electron chi connectivity index (χ4n) is 3.84. The zero-order valence-corrected chi connectivity index (χ0v) is 17.4. The maximum atomic E-state index is 13.7. The molecule has 0 bridgehead atoms. The molecule has 0 aliphatic carbocycles. The maximum Gasteiger partial charge on any atom is 0.416 e. The highest BCUT2D eigenvalue weighted by molar-refractivity contribution is 6.01. The van der Waals surface area contributed by atoms with Gasteiger partial charge >= 0.3 is 12.4 Å². The number of allylic oxidation sites excluding steroid dienone is 1. The molecule has 34 heavy (non-hydrogen) atoms. The fourth-order valence-corrected chi connectivity index (χ4v) is 3.84. The predicted molar refractivity (Wildman–Crippen MR) is 116 cm³/mol. The third-order valence-electron chi connectivity index (χ3n) is 5.37. The molecule has 176 valence electrons. The van der Waals surface area contributed by atoms with Gasteiger partial charge < -0.3 is 0 Å². The first-order chi connectivity index (χ1) is 16.0. The summed E-state index contributed by atoms with van der Waals surface area (Å²) in [7, 11) is 0. The summed E-state index contributed by atoms with van der Waals surface area (Å²) in [6, 6.07) is 14.2. The van der Waals surface area contributed by atoms with E-state index in [1.807, 2.05) is 0 Å². The van der Waals surface area contributed by atoms with E-state index < -0.39 is 35.3 Å². The number of halogens is 7. The van der Waals surface area contributed by atoms with E-state index in [4.69, 9.17) is 0 Å². The zero-order valence-electron chi connectivity index (χ0n) is 17.4. The van der Waals surface area contributed by atoms with Crippen molar-refractivity contribution in [1.29, 1.82) is 0 Å². The fraction of sp³-hybridized carbons (Fsp3) is 0.160. The molecule has 3 aromatic carbocycles. The molecule has 0 fully saturated rings. The molecule has 2 nitrogen and oxygen atoms in total. The number of benzene rings is 3. The molecule has 9 heteroatoms. The highest BCUT2D eigenvalue weighted by atomic mass is 19.4. The number of hydrogen-bond donors (Lipinski definition) is 0. The van der Waals surface area contributed by atoms with Crippen molar-refractivity contribution in [2.75, 3.05) is 5.01 Å². The quantitative estimate of drug-likeness (QED) is 0.348. The molecular formula is C25H17F7N2. The Kier molecular flexibility index (Phi) is 6.20. The summed E-state index contributed by atoms with van der Waals surface area (Å²) in [5.74, 6) is -0.525. The van der Waals surface area contributed by atoms with Crippen molar-refractivity contribution < 1.29 is 30.7 Å². The molecule has 0 saturated heterocycles. The van der Waals surface area contributed by atoms with Crippen LogP contribution in [0.3, 0.4) is 0 Å². The lowest BCUT2D eigenvalue weighted by atomic mass is 9.95. The monoisotopic (exact) mass is 478 g/mol. The van der Waals surface area contributed by atoms with E-state index in [0.717, 1.165) is 24.3 Å². The summed E-state index contributed by atoms with van der Waals surface area (Å²) in [5, 5.41) is 5.70. The van der Waals surface area contributed by atoms with Gasteiger partial charge in [-0.2, -0.15) is 31.4 Å². The summed E-state index contributed by atoms with van der Waals surface area (Å²) in [6.45, 7) is 0. The van der Waals surface area contributed by atoms with E-state index in [-0.39, 0.29) is 23.3 Å². The molecule has 1 atom stereocenters. The van der Waals surface area contributed by atoms with Gasteiger partial charge in [-0.05, 0) is 53.6 Å². The second-order valence-corrected chi connectivity index (χ2v) is 7.64. The van der Waals surface area contributed by atoms with Gasteiger partial charge in [0.25, 0.3) is 0 Å². The summed E-state index contributed by atoms with van der Waals surface area (Å²) < 4.78 is 94.4. The third-order valence-corrected chi connectivity index (χ3v) is 5.37. The standard InChI is InChI=1S/C25H17F7N2/c26-17-10-13-19(14-11-17)34-23(20-6-2-4-8-22(20)25(30,31)32)15-18(33-34)12-9-16-5-1-3-7-21(16)24(27,28)29/h1-14,23H,15H2/b12-9+. The molecular weight excluding hydrogens is 461 g/mol. The average molecular weight is 478 g/mol. The molecule has 1 aliphatic rings. The third kappa shape index (κ3) is 4.98. The second-order valence-electron chi connectivity index (χ2n) is 7.64. The van der Waals surface area contributed by atoms with Crippen LogP contribution >= 0.6 is 0 Å². The Labute approximate surface area is 190 Å². The molecule has 0 aromatic heterocycles. The van der Waals surface area contributed by atoms with Crippen LogP contribution in [0.1, 0.15) is 34.7 Å². The van der Waals surface area contributed by atoms with Crippen LogP contribution in [-0.4, -0.2) is 5.71 Å². The Hall–Kier alpha value is -3.62. The molecule has 0 radical (unpaired) electrons. The lowest BCUT2D eigenvalue weighted by molar-refractivity contribution is -0.139. The van der Waals surface area contributed by atoms with Gasteiger partial charge in [-0.3, -0.25) is 5.01 Å². The summed E-state index contributed by atoms with van der Waals surface area (Å²) >= 11 is 0. The van der Waals surface area contributed by atoms with Crippen molar-refractivity contribution in [1.82, 2.24) is 0 Å². The first-order valence-corrected chi connectivity index (χ1v) is 10.2. The number of rotatable bonds is 4. The minimum atomic E-state index is -4.62. The van der Waals surface area contributed by atoms with E-state index in [2.05, 4.69) is 5.10 Å². The summed E-state index contributed by atoms with van der Waals surface area (Å²) in [4.78, 5) is 0. The highest BCUT2D eigenvalue weighted by Crippen LogP contribution is 2.42. The topological polar surface area (TPSA) is 15.6 Å². The number of hydrazone groups is 1. The van der Waals surface area contributed by atoms with Gasteiger partial charge in [-0.1, -0.05) is 42.5 Å². The largest absolute Gasteiger partial charge is 0.416 e. The van der Waals surface area contributed by atoms with Crippen LogP contribution in [0.2, 0.25) is 0 Å². The summed E-state index contributed by atoms with van der Waals surface area (Å²) in [5.41, 5.74) is -1.17. The van der Waals surface area contributed by atoms with Crippen LogP contribution in [0, 0.1) is 5.82 Å². The Morgan fingerprint density at radius 1 is 0.735 bits per heavy atom. The molecule has 0 N–H and O–H groups in total. The summed E-state index contributed by atoms with van der Waals surface area (Å²) in [6.07, 6.45) is -6.57. The van der Waals surface area contributed by atoms with E-state index >= 15 is 0 Å². The van der Waals surface area contributed by atoms with Crippen LogP contribution in [-0.2, 0) is 12.4 Å². The molecule has 4 rings (SSSR count). The number of anilines is 1. The van der Waals surface area contributed by atoms with Crippen molar-refractivity contribution in [2.24, 2.45) is 5.10 Å². The van der Waals surface area contributed by atoms with Crippen LogP contribution in [0.25, 0.3) is 6.08 Å². The normalized spacial score (nSPS) is 16.9. The van der Waals surface area contributed by atoms with Gasteiger partial charge in [-0.15, -0.1) is 0 Å². The first kappa shape index (κ1) is 23.5. The van der Waals surface area contributed by atoms with E-state index in [1.165, 1.54) is 65.7 Å². The van der Waals surface area contributed by atoms with Gasteiger partial charge in [0, 0.05) is 6.42 Å². The minimum Gasteiger partial charge on any atom is -0.257 e. The smallest absolute Gasteiger partial charge is 0.257 e. The van der Waals surface area contributed by atoms with E-state index in [9.17, 15) is 30.7 Å². The van der Waals surface area contributed by atoms with Crippen molar-refractivity contribution in [3.8, 4) is 0 Å². The molecule has 3 aromatic rings. The lowest BCUT2D eigenvalue weighted by Gasteiger charge is -2.26. The number of alkyl halides is 6. The SMILES string of the molecule is Fc1ccc(N2N=C(/C=C/c3ccccc3C(F)(F)F)CC2c2ccccc2C(F)(F)F)cc1. The molecule has 1 unspecified atom stereocenters. The van der Waals surface area contributed by atoms with Gasteiger partial charge in [0.15, 0.2) is 0 Å². The lowest BCUT2D eigenvalue weighted by Crippen LogP contribution is -2.22. The van der Waals surface area contributed by atoms with Crippen LogP contribution in [0.15, 0.2) is 84.0 Å².